The van der Waals surface area contributed by atoms with Gasteiger partial charge in [-0.1, -0.05) is 12.1 Å². The number of carbonyl (C=O) groups excluding carboxylic acids is 1. The molecule has 0 bridgehead atoms. The van der Waals surface area contributed by atoms with Crippen molar-refractivity contribution in [2.24, 2.45) is 11.5 Å². The normalized spacial score (nSPS) is 12.2. The Labute approximate surface area is 103 Å². The summed E-state index contributed by atoms with van der Waals surface area (Å²) in [5, 5.41) is 0. The first kappa shape index (κ1) is 13.5. The largest absolute Gasteiger partial charge is 0.378 e. The number of anilines is 1. The van der Waals surface area contributed by atoms with Crippen LogP contribution in [0.1, 0.15) is 18.4 Å². The zero-order valence-electron chi connectivity index (χ0n) is 10.5. The van der Waals surface area contributed by atoms with Gasteiger partial charge in [-0.2, -0.15) is 0 Å². The van der Waals surface area contributed by atoms with Gasteiger partial charge >= 0.3 is 0 Å². The predicted molar refractivity (Wildman–Crippen MR) is 70.9 cm³/mol. The van der Waals surface area contributed by atoms with E-state index in [1.165, 1.54) is 11.3 Å². The molecule has 0 heterocycles. The standard InChI is InChI=1S/C13H21N3O/c1-16(2)11-8-6-10(7-9-11)4-3-5-12(14)13(15)17/h6-9,12H,3-5,14H2,1-2H3,(H2,15,17). The third-order valence-electron chi connectivity index (χ3n) is 2.80. The van der Waals surface area contributed by atoms with Gasteiger partial charge in [-0.15, -0.1) is 0 Å². The molecule has 17 heavy (non-hydrogen) atoms. The first-order chi connectivity index (χ1) is 8.00. The molecule has 0 saturated carbocycles. The number of rotatable bonds is 6. The summed E-state index contributed by atoms with van der Waals surface area (Å²) in [4.78, 5) is 12.8. The maximum absolute atomic E-state index is 10.8. The van der Waals surface area contributed by atoms with Gasteiger partial charge in [0.1, 0.15) is 0 Å². The molecular formula is C13H21N3O. The molecule has 4 heteroatoms. The number of nitrogens with zero attached hydrogens (tertiary/aromatic N) is 1. The highest BCUT2D eigenvalue weighted by Crippen LogP contribution is 2.14. The molecule has 94 valence electrons. The number of aryl methyl sites for hydroxylation is 1. The summed E-state index contributed by atoms with van der Waals surface area (Å²) in [5.74, 6) is -0.423. The van der Waals surface area contributed by atoms with Crippen LogP contribution in [-0.2, 0) is 11.2 Å². The average molecular weight is 235 g/mol. The van der Waals surface area contributed by atoms with Crippen molar-refractivity contribution in [1.82, 2.24) is 0 Å². The molecule has 0 aliphatic carbocycles. The maximum atomic E-state index is 10.8. The first-order valence-corrected chi connectivity index (χ1v) is 5.82. The molecule has 1 rings (SSSR count). The number of hydrogen-bond donors (Lipinski definition) is 2. The number of hydrogen-bond acceptors (Lipinski definition) is 3. The molecule has 0 aromatic heterocycles. The molecular weight excluding hydrogens is 214 g/mol. The fraction of sp³-hybridized carbons (Fsp3) is 0.462. The van der Waals surface area contributed by atoms with Gasteiger partial charge < -0.3 is 16.4 Å². The van der Waals surface area contributed by atoms with Crippen LogP contribution in [0.2, 0.25) is 0 Å². The first-order valence-electron chi connectivity index (χ1n) is 5.82. The minimum atomic E-state index is -0.518. The fourth-order valence-electron chi connectivity index (χ4n) is 1.63. The summed E-state index contributed by atoms with van der Waals surface area (Å²) < 4.78 is 0. The molecule has 1 aromatic carbocycles. The molecule has 0 saturated heterocycles. The lowest BCUT2D eigenvalue weighted by molar-refractivity contribution is -0.119. The van der Waals surface area contributed by atoms with E-state index in [4.69, 9.17) is 11.5 Å². The van der Waals surface area contributed by atoms with Gasteiger partial charge in [-0.3, -0.25) is 4.79 Å². The topological polar surface area (TPSA) is 72.3 Å². The predicted octanol–water partition coefficient (Wildman–Crippen LogP) is 0.888. The van der Waals surface area contributed by atoms with Crippen molar-refractivity contribution < 1.29 is 4.79 Å². The highest BCUT2D eigenvalue weighted by Gasteiger charge is 2.08. The zero-order chi connectivity index (χ0) is 12.8. The Hall–Kier alpha value is -1.55. The lowest BCUT2D eigenvalue weighted by Gasteiger charge is -2.13. The average Bonchev–Trinajstić information content (AvgIpc) is 2.29. The summed E-state index contributed by atoms with van der Waals surface area (Å²) in [6, 6.07) is 7.86. The molecule has 1 amide bonds. The van der Waals surface area contributed by atoms with Gasteiger partial charge in [0.25, 0.3) is 0 Å². The van der Waals surface area contributed by atoms with E-state index in [1.807, 2.05) is 14.1 Å². The quantitative estimate of drug-likeness (QED) is 0.769. The summed E-state index contributed by atoms with van der Waals surface area (Å²) in [5.41, 5.74) is 13.1. The number of primary amides is 1. The van der Waals surface area contributed by atoms with E-state index < -0.39 is 11.9 Å². The van der Waals surface area contributed by atoms with Crippen molar-refractivity contribution in [3.05, 3.63) is 29.8 Å². The Bertz CT molecular complexity index is 359. The van der Waals surface area contributed by atoms with Crippen molar-refractivity contribution in [1.29, 1.82) is 0 Å². The molecule has 0 fully saturated rings. The molecule has 4 N–H and O–H groups in total. The van der Waals surface area contributed by atoms with E-state index in [1.54, 1.807) is 0 Å². The molecule has 0 radical (unpaired) electrons. The third kappa shape index (κ3) is 4.44. The van der Waals surface area contributed by atoms with Gasteiger partial charge in [0.2, 0.25) is 5.91 Å². The van der Waals surface area contributed by atoms with E-state index in [9.17, 15) is 4.79 Å². The highest BCUT2D eigenvalue weighted by molar-refractivity contribution is 5.79. The van der Waals surface area contributed by atoms with Crippen LogP contribution in [0.25, 0.3) is 0 Å². The summed E-state index contributed by atoms with van der Waals surface area (Å²) >= 11 is 0. The summed E-state index contributed by atoms with van der Waals surface area (Å²) in [6.45, 7) is 0. The van der Waals surface area contributed by atoms with Gasteiger partial charge in [-0.05, 0) is 37.0 Å². The fourth-order valence-corrected chi connectivity index (χ4v) is 1.63. The Morgan fingerprint density at radius 1 is 1.29 bits per heavy atom. The Balaban J connectivity index is 2.40. The van der Waals surface area contributed by atoms with Gasteiger partial charge in [0.05, 0.1) is 6.04 Å². The molecule has 1 aromatic rings. The lowest BCUT2D eigenvalue weighted by atomic mass is 10.0. The second-order valence-electron chi connectivity index (χ2n) is 4.46. The van der Waals surface area contributed by atoms with E-state index in [2.05, 4.69) is 29.2 Å². The van der Waals surface area contributed by atoms with Gasteiger partial charge in [0.15, 0.2) is 0 Å². The minimum Gasteiger partial charge on any atom is -0.378 e. The Morgan fingerprint density at radius 3 is 2.35 bits per heavy atom. The van der Waals surface area contributed by atoms with Crippen LogP contribution < -0.4 is 16.4 Å². The highest BCUT2D eigenvalue weighted by atomic mass is 16.1. The molecule has 0 aliphatic rings. The van der Waals surface area contributed by atoms with Crippen molar-refractivity contribution in [2.75, 3.05) is 19.0 Å². The molecule has 1 unspecified atom stereocenters. The van der Waals surface area contributed by atoms with Crippen LogP contribution in [0.15, 0.2) is 24.3 Å². The van der Waals surface area contributed by atoms with Crippen molar-refractivity contribution >= 4 is 11.6 Å². The molecule has 0 spiro atoms. The van der Waals surface area contributed by atoms with E-state index in [-0.39, 0.29) is 0 Å². The smallest absolute Gasteiger partial charge is 0.234 e. The van der Waals surface area contributed by atoms with E-state index >= 15 is 0 Å². The van der Waals surface area contributed by atoms with Crippen LogP contribution >= 0.6 is 0 Å². The molecule has 0 aliphatic heterocycles. The van der Waals surface area contributed by atoms with Gasteiger partial charge in [-0.25, -0.2) is 0 Å². The number of carbonyl (C=O) groups is 1. The molecule has 4 nitrogen and oxygen atoms in total. The van der Waals surface area contributed by atoms with Gasteiger partial charge in [0, 0.05) is 19.8 Å². The lowest BCUT2D eigenvalue weighted by Crippen LogP contribution is -2.36. The second kappa shape index (κ2) is 6.25. The number of nitrogens with two attached hydrogens (primary N) is 2. The monoisotopic (exact) mass is 235 g/mol. The van der Waals surface area contributed by atoms with E-state index in [0.717, 1.165) is 12.8 Å². The number of benzene rings is 1. The Kier molecular flexibility index (Phi) is 4.97. The van der Waals surface area contributed by atoms with Crippen molar-refractivity contribution in [2.45, 2.75) is 25.3 Å². The zero-order valence-corrected chi connectivity index (χ0v) is 10.5. The van der Waals surface area contributed by atoms with Crippen LogP contribution in [-0.4, -0.2) is 26.0 Å². The summed E-state index contributed by atoms with van der Waals surface area (Å²) in [7, 11) is 4.03. The second-order valence-corrected chi connectivity index (χ2v) is 4.46. The SMILES string of the molecule is CN(C)c1ccc(CCCC(N)C(N)=O)cc1. The van der Waals surface area contributed by atoms with Crippen LogP contribution in [0.5, 0.6) is 0 Å². The van der Waals surface area contributed by atoms with Crippen molar-refractivity contribution in [3.63, 3.8) is 0 Å². The molecule has 1 atom stereocenters. The third-order valence-corrected chi connectivity index (χ3v) is 2.80. The van der Waals surface area contributed by atoms with Crippen LogP contribution in [0.3, 0.4) is 0 Å². The van der Waals surface area contributed by atoms with Crippen molar-refractivity contribution in [3.8, 4) is 0 Å². The summed E-state index contributed by atoms with van der Waals surface area (Å²) in [6.07, 6.45) is 2.45. The number of amides is 1. The van der Waals surface area contributed by atoms with Crippen LogP contribution in [0.4, 0.5) is 5.69 Å². The minimum absolute atomic E-state index is 0.423. The maximum Gasteiger partial charge on any atom is 0.234 e. The van der Waals surface area contributed by atoms with Crippen LogP contribution in [0, 0.1) is 0 Å². The van der Waals surface area contributed by atoms with E-state index in [0.29, 0.717) is 6.42 Å². The Morgan fingerprint density at radius 2 is 1.88 bits per heavy atom.